The Hall–Kier alpha value is -2.55. The molecule has 1 atom stereocenters. The van der Waals surface area contributed by atoms with Gasteiger partial charge in [-0.25, -0.2) is 0 Å². The number of nitriles is 1. The van der Waals surface area contributed by atoms with Gasteiger partial charge >= 0.3 is 0 Å². The van der Waals surface area contributed by atoms with Crippen LogP contribution in [0.4, 0.5) is 5.69 Å². The zero-order valence-corrected chi connectivity index (χ0v) is 12.1. The molecule has 0 spiro atoms. The molecule has 1 aromatic carbocycles. The number of para-hydroxylation sites is 2. The van der Waals surface area contributed by atoms with E-state index in [1.165, 1.54) is 9.80 Å². The van der Waals surface area contributed by atoms with Crippen LogP contribution in [0.3, 0.4) is 0 Å². The first-order chi connectivity index (χ1) is 10.0. The molecule has 1 heterocycles. The average Bonchev–Trinajstić information content (AvgIpc) is 2.49. The summed E-state index contributed by atoms with van der Waals surface area (Å²) in [6.07, 6.45) is -0.344. The second kappa shape index (κ2) is 6.27. The SMILES string of the molecule is CC1Oc2ccccc2N(CC(=O)N(C)CCC#N)C1=O. The fraction of sp³-hybridized carbons (Fsp3) is 0.400. The van der Waals surface area contributed by atoms with E-state index in [1.807, 2.05) is 12.1 Å². The van der Waals surface area contributed by atoms with Gasteiger partial charge in [-0.3, -0.25) is 14.5 Å². The number of anilines is 1. The van der Waals surface area contributed by atoms with Crippen molar-refractivity contribution in [3.63, 3.8) is 0 Å². The molecule has 0 radical (unpaired) electrons. The number of likely N-dealkylation sites (N-methyl/N-ethyl adjacent to an activating group) is 1. The second-order valence-corrected chi connectivity index (χ2v) is 4.88. The summed E-state index contributed by atoms with van der Waals surface area (Å²) in [5, 5.41) is 8.56. The smallest absolute Gasteiger partial charge is 0.268 e. The van der Waals surface area contributed by atoms with E-state index in [0.29, 0.717) is 18.0 Å². The second-order valence-electron chi connectivity index (χ2n) is 4.88. The normalized spacial score (nSPS) is 16.7. The molecule has 1 unspecified atom stereocenters. The van der Waals surface area contributed by atoms with Gasteiger partial charge in [-0.05, 0) is 19.1 Å². The van der Waals surface area contributed by atoms with E-state index in [2.05, 4.69) is 0 Å². The summed E-state index contributed by atoms with van der Waals surface area (Å²) >= 11 is 0. The molecule has 110 valence electrons. The lowest BCUT2D eigenvalue weighted by Gasteiger charge is -2.33. The molecule has 6 heteroatoms. The van der Waals surface area contributed by atoms with Crippen LogP contribution in [0.1, 0.15) is 13.3 Å². The molecule has 2 amide bonds. The lowest BCUT2D eigenvalue weighted by molar-refractivity contribution is -0.132. The largest absolute Gasteiger partial charge is 0.479 e. The summed E-state index contributed by atoms with van der Waals surface area (Å²) in [6.45, 7) is 1.96. The van der Waals surface area contributed by atoms with Crippen LogP contribution in [-0.4, -0.2) is 43.0 Å². The molecule has 21 heavy (non-hydrogen) atoms. The zero-order valence-electron chi connectivity index (χ0n) is 12.1. The lowest BCUT2D eigenvalue weighted by atomic mass is 10.2. The number of rotatable bonds is 4. The van der Waals surface area contributed by atoms with Crippen LogP contribution >= 0.6 is 0 Å². The molecule has 0 aliphatic carbocycles. The van der Waals surface area contributed by atoms with Crippen LogP contribution in [-0.2, 0) is 9.59 Å². The first kappa shape index (κ1) is 14.9. The number of benzene rings is 1. The molecule has 0 saturated carbocycles. The highest BCUT2D eigenvalue weighted by atomic mass is 16.5. The van der Waals surface area contributed by atoms with E-state index in [4.69, 9.17) is 10.00 Å². The molecule has 2 rings (SSSR count). The molecule has 0 bridgehead atoms. The van der Waals surface area contributed by atoms with Crippen molar-refractivity contribution in [1.29, 1.82) is 5.26 Å². The Morgan fingerprint density at radius 1 is 1.48 bits per heavy atom. The third kappa shape index (κ3) is 3.14. The van der Waals surface area contributed by atoms with Crippen LogP contribution in [0.25, 0.3) is 0 Å². The highest BCUT2D eigenvalue weighted by Gasteiger charge is 2.32. The molecule has 0 fully saturated rings. The first-order valence-corrected chi connectivity index (χ1v) is 6.72. The maximum atomic E-state index is 12.2. The van der Waals surface area contributed by atoms with E-state index in [-0.39, 0.29) is 24.8 Å². The predicted octanol–water partition coefficient (Wildman–Crippen LogP) is 1.17. The van der Waals surface area contributed by atoms with Crippen molar-refractivity contribution in [1.82, 2.24) is 4.90 Å². The van der Waals surface area contributed by atoms with Gasteiger partial charge in [0.1, 0.15) is 12.3 Å². The number of ether oxygens (including phenoxy) is 1. The van der Waals surface area contributed by atoms with Crippen LogP contribution in [0, 0.1) is 11.3 Å². The average molecular weight is 287 g/mol. The highest BCUT2D eigenvalue weighted by molar-refractivity contribution is 6.03. The Morgan fingerprint density at radius 3 is 2.90 bits per heavy atom. The van der Waals surface area contributed by atoms with Crippen molar-refractivity contribution in [3.8, 4) is 11.8 Å². The molecule has 1 aliphatic rings. The van der Waals surface area contributed by atoms with Gasteiger partial charge in [0.15, 0.2) is 6.10 Å². The molecule has 1 aliphatic heterocycles. The number of hydrogen-bond acceptors (Lipinski definition) is 4. The van der Waals surface area contributed by atoms with Crippen molar-refractivity contribution in [2.45, 2.75) is 19.4 Å². The summed E-state index contributed by atoms with van der Waals surface area (Å²) in [4.78, 5) is 27.3. The Morgan fingerprint density at radius 2 is 2.19 bits per heavy atom. The number of nitrogens with zero attached hydrogens (tertiary/aromatic N) is 3. The molecule has 0 N–H and O–H groups in total. The topological polar surface area (TPSA) is 73.6 Å². The Bertz CT molecular complexity index is 594. The molecule has 6 nitrogen and oxygen atoms in total. The van der Waals surface area contributed by atoms with Gasteiger partial charge in [-0.2, -0.15) is 5.26 Å². The molecule has 1 aromatic rings. The summed E-state index contributed by atoms with van der Waals surface area (Å²) in [5.41, 5.74) is 0.600. The van der Waals surface area contributed by atoms with Gasteiger partial charge in [0.25, 0.3) is 5.91 Å². The predicted molar refractivity (Wildman–Crippen MR) is 76.8 cm³/mol. The van der Waals surface area contributed by atoms with Gasteiger partial charge in [-0.15, -0.1) is 0 Å². The molecule has 0 saturated heterocycles. The standard InChI is InChI=1S/C15H17N3O3/c1-11-15(20)18(10-14(19)17(2)9-5-8-16)12-6-3-4-7-13(12)21-11/h3-4,6-7,11H,5,9-10H2,1-2H3. The van der Waals surface area contributed by atoms with Gasteiger partial charge < -0.3 is 9.64 Å². The fourth-order valence-corrected chi connectivity index (χ4v) is 2.12. The number of hydrogen-bond donors (Lipinski definition) is 0. The fourth-order valence-electron chi connectivity index (χ4n) is 2.12. The highest BCUT2D eigenvalue weighted by Crippen LogP contribution is 2.33. The van der Waals surface area contributed by atoms with Gasteiger partial charge in [0, 0.05) is 13.6 Å². The summed E-state index contributed by atoms with van der Waals surface area (Å²) in [7, 11) is 1.62. The number of carbonyl (C=O) groups is 2. The van der Waals surface area contributed by atoms with Gasteiger partial charge in [0.05, 0.1) is 18.2 Å². The summed E-state index contributed by atoms with van der Waals surface area (Å²) in [5.74, 6) is 0.148. The van der Waals surface area contributed by atoms with E-state index < -0.39 is 6.10 Å². The summed E-state index contributed by atoms with van der Waals surface area (Å²) in [6, 6.07) is 9.13. The van der Waals surface area contributed by atoms with Crippen LogP contribution < -0.4 is 9.64 Å². The van der Waals surface area contributed by atoms with Crippen LogP contribution in [0.5, 0.6) is 5.75 Å². The minimum Gasteiger partial charge on any atom is -0.479 e. The van der Waals surface area contributed by atoms with Gasteiger partial charge in [0.2, 0.25) is 5.91 Å². The van der Waals surface area contributed by atoms with Crippen molar-refractivity contribution in [2.75, 3.05) is 25.0 Å². The Balaban J connectivity index is 2.17. The number of carbonyl (C=O) groups excluding carboxylic acids is 2. The van der Waals surface area contributed by atoms with E-state index in [9.17, 15) is 9.59 Å². The quantitative estimate of drug-likeness (QED) is 0.833. The van der Waals surface area contributed by atoms with E-state index >= 15 is 0 Å². The first-order valence-electron chi connectivity index (χ1n) is 6.72. The lowest BCUT2D eigenvalue weighted by Crippen LogP contribution is -2.49. The summed E-state index contributed by atoms with van der Waals surface area (Å²) < 4.78 is 5.52. The maximum absolute atomic E-state index is 12.2. The monoisotopic (exact) mass is 287 g/mol. The number of fused-ring (bicyclic) bond motifs is 1. The minimum atomic E-state index is -0.614. The minimum absolute atomic E-state index is 0.0501. The van der Waals surface area contributed by atoms with Crippen molar-refractivity contribution in [3.05, 3.63) is 24.3 Å². The van der Waals surface area contributed by atoms with Gasteiger partial charge in [-0.1, -0.05) is 12.1 Å². The molecular weight excluding hydrogens is 270 g/mol. The van der Waals surface area contributed by atoms with E-state index in [0.717, 1.165) is 0 Å². The van der Waals surface area contributed by atoms with Crippen LogP contribution in [0.15, 0.2) is 24.3 Å². The van der Waals surface area contributed by atoms with Crippen molar-refractivity contribution in [2.24, 2.45) is 0 Å². The third-order valence-corrected chi connectivity index (χ3v) is 3.35. The van der Waals surface area contributed by atoms with Crippen molar-refractivity contribution >= 4 is 17.5 Å². The maximum Gasteiger partial charge on any atom is 0.268 e. The zero-order chi connectivity index (χ0) is 15.4. The third-order valence-electron chi connectivity index (χ3n) is 3.35. The molecular formula is C15H17N3O3. The Kier molecular flexibility index (Phi) is 4.43. The van der Waals surface area contributed by atoms with Crippen molar-refractivity contribution < 1.29 is 14.3 Å². The van der Waals surface area contributed by atoms with E-state index in [1.54, 1.807) is 32.2 Å². The molecule has 0 aromatic heterocycles. The van der Waals surface area contributed by atoms with Crippen LogP contribution in [0.2, 0.25) is 0 Å². The number of amides is 2. The Labute approximate surface area is 123 Å².